The van der Waals surface area contributed by atoms with Gasteiger partial charge in [-0.05, 0) is 31.2 Å². The van der Waals surface area contributed by atoms with Gasteiger partial charge in [-0.25, -0.2) is 19.4 Å². The molecule has 12 nitrogen and oxygen atoms in total. The van der Waals surface area contributed by atoms with Gasteiger partial charge in [0.15, 0.2) is 0 Å². The minimum Gasteiger partial charge on any atom is -0.437 e. The second-order valence-electron chi connectivity index (χ2n) is 7.82. The van der Waals surface area contributed by atoms with Crippen LogP contribution in [0.15, 0.2) is 59.7 Å². The van der Waals surface area contributed by atoms with Gasteiger partial charge in [-0.1, -0.05) is 40.9 Å². The highest BCUT2D eigenvalue weighted by atomic mass is 35.5. The summed E-state index contributed by atoms with van der Waals surface area (Å²) in [6.07, 6.45) is 1.20. The number of aryl methyl sites for hydroxylation is 1. The number of anilines is 3. The third-order valence-electron chi connectivity index (χ3n) is 4.96. The number of rotatable bonds is 8. The molecule has 0 atom stereocenters. The van der Waals surface area contributed by atoms with E-state index in [2.05, 4.69) is 31.0 Å². The minimum atomic E-state index is -0.663. The van der Waals surface area contributed by atoms with E-state index in [1.807, 2.05) is 19.1 Å². The Morgan fingerprint density at radius 3 is 2.50 bits per heavy atom. The van der Waals surface area contributed by atoms with Crippen LogP contribution in [-0.4, -0.2) is 45.4 Å². The highest BCUT2D eigenvalue weighted by Crippen LogP contribution is 2.39. The highest BCUT2D eigenvalue weighted by Gasteiger charge is 2.16. The Kier molecular flexibility index (Phi) is 8.26. The Labute approximate surface area is 225 Å². The molecule has 0 aliphatic rings. The summed E-state index contributed by atoms with van der Waals surface area (Å²) in [6, 6.07) is 12.3. The van der Waals surface area contributed by atoms with Crippen molar-refractivity contribution in [2.75, 3.05) is 29.7 Å². The number of amides is 3. The van der Waals surface area contributed by atoms with Gasteiger partial charge in [0.05, 0.1) is 16.4 Å². The van der Waals surface area contributed by atoms with Crippen LogP contribution in [0.2, 0.25) is 10.0 Å². The lowest BCUT2D eigenvalue weighted by Crippen LogP contribution is -2.21. The second-order valence-corrected chi connectivity index (χ2v) is 8.58. The summed E-state index contributed by atoms with van der Waals surface area (Å²) in [6.45, 7) is 1.80. The van der Waals surface area contributed by atoms with Crippen LogP contribution in [0.4, 0.5) is 22.1 Å². The van der Waals surface area contributed by atoms with Crippen LogP contribution in [0.1, 0.15) is 5.56 Å². The van der Waals surface area contributed by atoms with Crippen LogP contribution in [0.3, 0.4) is 0 Å². The number of aromatic amines is 1. The lowest BCUT2D eigenvalue weighted by atomic mass is 10.2. The first-order valence-electron chi connectivity index (χ1n) is 11.0. The largest absolute Gasteiger partial charge is 0.437 e. The molecule has 0 saturated carbocycles. The van der Waals surface area contributed by atoms with E-state index < -0.39 is 17.5 Å². The molecule has 2 aromatic carbocycles. The zero-order valence-electron chi connectivity index (χ0n) is 20.0. The lowest BCUT2D eigenvalue weighted by molar-refractivity contribution is -0.119. The SMILES string of the molecule is COCC(=O)Nc1cc(Oc2ccc(NC(=O)Nc3cc(=O)[nH]n3-c3ccc(C)cc3)c(Cl)c2Cl)ncn1. The van der Waals surface area contributed by atoms with E-state index in [0.29, 0.717) is 5.69 Å². The Hall–Kier alpha value is -4.39. The van der Waals surface area contributed by atoms with Crippen LogP contribution >= 0.6 is 23.2 Å². The fraction of sp³-hybridized carbons (Fsp3) is 0.125. The van der Waals surface area contributed by atoms with Gasteiger partial charge in [0, 0.05) is 19.2 Å². The van der Waals surface area contributed by atoms with E-state index in [1.165, 1.54) is 42.4 Å². The summed E-state index contributed by atoms with van der Waals surface area (Å²) >= 11 is 12.7. The summed E-state index contributed by atoms with van der Waals surface area (Å²) in [5, 5.41) is 10.4. The maximum atomic E-state index is 12.7. The van der Waals surface area contributed by atoms with Gasteiger partial charge < -0.3 is 20.1 Å². The molecule has 2 heterocycles. The van der Waals surface area contributed by atoms with Crippen LogP contribution in [0.25, 0.3) is 5.69 Å². The minimum absolute atomic E-state index is 0.00579. The molecule has 0 radical (unpaired) electrons. The van der Waals surface area contributed by atoms with E-state index in [0.717, 1.165) is 5.56 Å². The van der Waals surface area contributed by atoms with E-state index in [-0.39, 0.29) is 45.6 Å². The molecule has 4 N–H and O–H groups in total. The van der Waals surface area contributed by atoms with E-state index >= 15 is 0 Å². The third-order valence-corrected chi connectivity index (χ3v) is 5.82. The number of methoxy groups -OCH3 is 1. The van der Waals surface area contributed by atoms with Crippen molar-refractivity contribution in [3.8, 4) is 17.3 Å². The maximum absolute atomic E-state index is 12.7. The maximum Gasteiger partial charge on any atom is 0.324 e. The Bertz CT molecular complexity index is 1540. The number of benzene rings is 2. The normalized spacial score (nSPS) is 10.6. The van der Waals surface area contributed by atoms with Crippen molar-refractivity contribution in [3.05, 3.63) is 80.8 Å². The van der Waals surface area contributed by atoms with Crippen LogP contribution < -0.4 is 26.2 Å². The molecule has 14 heteroatoms. The van der Waals surface area contributed by atoms with E-state index in [1.54, 1.807) is 12.1 Å². The molecule has 4 aromatic rings. The average Bonchev–Trinajstić information content (AvgIpc) is 3.24. The van der Waals surface area contributed by atoms with Crippen LogP contribution in [-0.2, 0) is 9.53 Å². The summed E-state index contributed by atoms with van der Waals surface area (Å²) in [7, 11) is 1.40. The summed E-state index contributed by atoms with van der Waals surface area (Å²) < 4.78 is 11.9. The van der Waals surface area contributed by atoms with Crippen molar-refractivity contribution in [3.63, 3.8) is 0 Å². The lowest BCUT2D eigenvalue weighted by Gasteiger charge is -2.14. The van der Waals surface area contributed by atoms with Gasteiger partial charge in [0.1, 0.15) is 35.3 Å². The number of carbonyl (C=O) groups is 2. The highest BCUT2D eigenvalue weighted by molar-refractivity contribution is 6.45. The van der Waals surface area contributed by atoms with E-state index in [9.17, 15) is 14.4 Å². The molecular formula is C24H21Cl2N7O5. The van der Waals surface area contributed by atoms with Gasteiger partial charge >= 0.3 is 6.03 Å². The number of nitrogens with one attached hydrogen (secondary N) is 4. The van der Waals surface area contributed by atoms with Crippen molar-refractivity contribution in [2.45, 2.75) is 6.92 Å². The average molecular weight is 558 g/mol. The van der Waals surface area contributed by atoms with Crippen LogP contribution in [0.5, 0.6) is 11.6 Å². The van der Waals surface area contributed by atoms with Crippen molar-refractivity contribution in [1.29, 1.82) is 0 Å². The van der Waals surface area contributed by atoms with Gasteiger partial charge in [-0.3, -0.25) is 20.0 Å². The fourth-order valence-corrected chi connectivity index (χ4v) is 3.65. The van der Waals surface area contributed by atoms with Gasteiger partial charge in [0.2, 0.25) is 5.88 Å². The zero-order valence-corrected chi connectivity index (χ0v) is 21.6. The quantitative estimate of drug-likeness (QED) is 0.247. The zero-order chi connectivity index (χ0) is 27.2. The molecule has 2 aromatic heterocycles. The number of hydrogen-bond donors (Lipinski definition) is 4. The van der Waals surface area contributed by atoms with Crippen molar-refractivity contribution in [2.24, 2.45) is 0 Å². The Morgan fingerprint density at radius 1 is 1.00 bits per heavy atom. The predicted octanol–water partition coefficient (Wildman–Crippen LogP) is 4.59. The number of ether oxygens (including phenoxy) is 2. The fourth-order valence-electron chi connectivity index (χ4n) is 3.24. The Balaban J connectivity index is 1.46. The molecular weight excluding hydrogens is 537 g/mol. The van der Waals surface area contributed by atoms with Gasteiger partial charge in [0.25, 0.3) is 11.5 Å². The van der Waals surface area contributed by atoms with Gasteiger partial charge in [-0.15, -0.1) is 0 Å². The molecule has 3 amide bonds. The summed E-state index contributed by atoms with van der Waals surface area (Å²) in [5.41, 5.74) is 1.50. The first kappa shape index (κ1) is 26.7. The molecule has 4 rings (SSSR count). The summed E-state index contributed by atoms with van der Waals surface area (Å²) in [4.78, 5) is 44.3. The van der Waals surface area contributed by atoms with Crippen LogP contribution in [0, 0.1) is 6.92 Å². The smallest absolute Gasteiger partial charge is 0.324 e. The molecule has 0 bridgehead atoms. The van der Waals surface area contributed by atoms with Gasteiger partial charge in [-0.2, -0.15) is 0 Å². The first-order valence-corrected chi connectivity index (χ1v) is 11.7. The van der Waals surface area contributed by atoms with E-state index in [4.69, 9.17) is 32.7 Å². The molecule has 0 aliphatic heterocycles. The number of urea groups is 1. The number of aromatic nitrogens is 4. The molecule has 196 valence electrons. The van der Waals surface area contributed by atoms with Crippen molar-refractivity contribution >= 4 is 52.5 Å². The van der Waals surface area contributed by atoms with Crippen molar-refractivity contribution in [1.82, 2.24) is 19.7 Å². The molecule has 0 spiro atoms. The molecule has 0 unspecified atom stereocenters. The number of H-pyrrole nitrogens is 1. The topological polar surface area (TPSA) is 152 Å². The summed E-state index contributed by atoms with van der Waals surface area (Å²) in [5.74, 6) is 0.251. The third kappa shape index (κ3) is 6.48. The number of nitrogens with zero attached hydrogens (tertiary/aromatic N) is 3. The predicted molar refractivity (Wildman–Crippen MR) is 143 cm³/mol. The second kappa shape index (κ2) is 11.8. The molecule has 38 heavy (non-hydrogen) atoms. The van der Waals surface area contributed by atoms with Crippen molar-refractivity contribution < 1.29 is 19.1 Å². The number of hydrogen-bond acceptors (Lipinski definition) is 7. The molecule has 0 aliphatic carbocycles. The monoisotopic (exact) mass is 557 g/mol. The number of halogens is 2. The first-order chi connectivity index (χ1) is 18.2. The molecule has 0 saturated heterocycles. The number of carbonyl (C=O) groups excluding carboxylic acids is 2. The Morgan fingerprint density at radius 2 is 1.76 bits per heavy atom. The standard InChI is InChI=1S/C24H21Cl2N7O5/c1-13-3-5-14(6-4-13)33-18(10-19(34)32-33)31-24(36)29-15-7-8-16(23(26)22(15)25)38-21-9-17(27-12-28-21)30-20(35)11-37-2/h3-10,12H,11H2,1-2H3,(H,32,34)(H2,29,31,36)(H,27,28,30,35). The molecule has 0 fully saturated rings.